The third kappa shape index (κ3) is 2.29. The Morgan fingerprint density at radius 2 is 2.17 bits per heavy atom. The standard InChI is InChI=1S/C14H17N3O/c1-15-8-10-6-12(7-10)18-14-16-9-11-4-2-3-5-13(11)17-14/h2-5,9-10,12,15H,6-8H2,1H3. The first-order valence-electron chi connectivity index (χ1n) is 6.38. The average molecular weight is 243 g/mol. The predicted molar refractivity (Wildman–Crippen MR) is 70.6 cm³/mol. The molecule has 0 unspecified atom stereocenters. The van der Waals surface area contributed by atoms with Crippen molar-refractivity contribution in [3.63, 3.8) is 0 Å². The highest BCUT2D eigenvalue weighted by Crippen LogP contribution is 2.29. The van der Waals surface area contributed by atoms with Crippen LogP contribution in [-0.2, 0) is 0 Å². The van der Waals surface area contributed by atoms with Crippen LogP contribution in [0.25, 0.3) is 10.9 Å². The molecule has 1 fully saturated rings. The van der Waals surface area contributed by atoms with Gasteiger partial charge >= 0.3 is 6.01 Å². The summed E-state index contributed by atoms with van der Waals surface area (Å²) in [5.41, 5.74) is 0.939. The molecule has 1 aromatic heterocycles. The van der Waals surface area contributed by atoms with Crippen molar-refractivity contribution >= 4 is 10.9 Å². The molecule has 0 amide bonds. The number of hydrogen-bond donors (Lipinski definition) is 1. The number of hydrogen-bond acceptors (Lipinski definition) is 4. The highest BCUT2D eigenvalue weighted by atomic mass is 16.5. The molecule has 1 saturated carbocycles. The van der Waals surface area contributed by atoms with Crippen LogP contribution in [0.4, 0.5) is 0 Å². The highest BCUT2D eigenvalue weighted by Gasteiger charge is 2.30. The van der Waals surface area contributed by atoms with E-state index in [2.05, 4.69) is 15.3 Å². The Bertz CT molecular complexity index is 537. The van der Waals surface area contributed by atoms with Crippen molar-refractivity contribution in [2.24, 2.45) is 5.92 Å². The van der Waals surface area contributed by atoms with E-state index in [1.54, 1.807) is 0 Å². The second-order valence-electron chi connectivity index (χ2n) is 4.85. The summed E-state index contributed by atoms with van der Waals surface area (Å²) < 4.78 is 5.78. The summed E-state index contributed by atoms with van der Waals surface area (Å²) in [6, 6.07) is 8.45. The minimum atomic E-state index is 0.282. The van der Waals surface area contributed by atoms with E-state index in [9.17, 15) is 0 Å². The molecule has 0 radical (unpaired) electrons. The van der Waals surface area contributed by atoms with E-state index in [1.807, 2.05) is 37.5 Å². The Kier molecular flexibility index (Phi) is 3.11. The van der Waals surface area contributed by atoms with Gasteiger partial charge in [0.1, 0.15) is 6.10 Å². The SMILES string of the molecule is CNCC1CC(Oc2ncc3ccccc3n2)C1. The van der Waals surface area contributed by atoms with E-state index in [0.29, 0.717) is 6.01 Å². The summed E-state index contributed by atoms with van der Waals surface area (Å²) in [5, 5.41) is 4.24. The summed E-state index contributed by atoms with van der Waals surface area (Å²) in [7, 11) is 1.99. The minimum absolute atomic E-state index is 0.282. The second kappa shape index (κ2) is 4.90. The lowest BCUT2D eigenvalue weighted by Crippen LogP contribution is -2.38. The predicted octanol–water partition coefficient (Wildman–Crippen LogP) is 2.01. The topological polar surface area (TPSA) is 47.0 Å². The Morgan fingerprint density at radius 3 is 3.00 bits per heavy atom. The Balaban J connectivity index is 1.65. The van der Waals surface area contributed by atoms with Crippen LogP contribution in [0.15, 0.2) is 30.5 Å². The maximum atomic E-state index is 5.78. The molecule has 4 nitrogen and oxygen atoms in total. The Labute approximate surface area is 106 Å². The molecule has 4 heteroatoms. The van der Waals surface area contributed by atoms with Gasteiger partial charge in [0, 0.05) is 11.6 Å². The lowest BCUT2D eigenvalue weighted by atomic mass is 9.82. The fourth-order valence-electron chi connectivity index (χ4n) is 2.39. The third-order valence-corrected chi connectivity index (χ3v) is 3.42. The summed E-state index contributed by atoms with van der Waals surface area (Å²) >= 11 is 0. The van der Waals surface area contributed by atoms with Gasteiger partial charge in [0.25, 0.3) is 0 Å². The first-order valence-corrected chi connectivity index (χ1v) is 6.38. The van der Waals surface area contributed by atoms with Crippen LogP contribution in [-0.4, -0.2) is 29.7 Å². The van der Waals surface area contributed by atoms with Crippen LogP contribution in [0, 0.1) is 5.92 Å². The fraction of sp³-hybridized carbons (Fsp3) is 0.429. The van der Waals surface area contributed by atoms with E-state index in [1.165, 1.54) is 0 Å². The molecule has 1 aromatic carbocycles. The maximum Gasteiger partial charge on any atom is 0.317 e. The van der Waals surface area contributed by atoms with E-state index < -0.39 is 0 Å². The smallest absolute Gasteiger partial charge is 0.317 e. The third-order valence-electron chi connectivity index (χ3n) is 3.42. The van der Waals surface area contributed by atoms with E-state index in [-0.39, 0.29) is 6.10 Å². The zero-order valence-electron chi connectivity index (χ0n) is 10.5. The van der Waals surface area contributed by atoms with Gasteiger partial charge in [-0.25, -0.2) is 4.98 Å². The zero-order chi connectivity index (χ0) is 12.4. The number of fused-ring (bicyclic) bond motifs is 1. The lowest BCUT2D eigenvalue weighted by Gasteiger charge is -2.34. The van der Waals surface area contributed by atoms with Crippen molar-refractivity contribution in [1.29, 1.82) is 0 Å². The molecule has 94 valence electrons. The summed E-state index contributed by atoms with van der Waals surface area (Å²) in [6.07, 6.45) is 4.29. The van der Waals surface area contributed by atoms with Crippen LogP contribution in [0.3, 0.4) is 0 Å². The molecule has 1 N–H and O–H groups in total. The highest BCUT2D eigenvalue weighted by molar-refractivity contribution is 5.77. The number of nitrogens with one attached hydrogen (secondary N) is 1. The number of benzene rings is 1. The van der Waals surface area contributed by atoms with Crippen molar-refractivity contribution in [2.45, 2.75) is 18.9 Å². The van der Waals surface area contributed by atoms with Crippen molar-refractivity contribution in [2.75, 3.05) is 13.6 Å². The number of nitrogens with zero attached hydrogens (tertiary/aromatic N) is 2. The number of aromatic nitrogens is 2. The molecule has 0 bridgehead atoms. The van der Waals surface area contributed by atoms with Gasteiger partial charge in [-0.1, -0.05) is 18.2 Å². The molecule has 1 aliphatic rings. The number of rotatable bonds is 4. The van der Waals surface area contributed by atoms with Gasteiger partial charge in [-0.3, -0.25) is 0 Å². The fourth-order valence-corrected chi connectivity index (χ4v) is 2.39. The van der Waals surface area contributed by atoms with Crippen molar-refractivity contribution in [3.8, 4) is 6.01 Å². The number of para-hydroxylation sites is 1. The van der Waals surface area contributed by atoms with Gasteiger partial charge in [-0.2, -0.15) is 4.98 Å². The molecule has 1 heterocycles. The van der Waals surface area contributed by atoms with E-state index in [4.69, 9.17) is 4.74 Å². The molecule has 0 saturated heterocycles. The summed E-state index contributed by atoms with van der Waals surface area (Å²) in [4.78, 5) is 8.67. The van der Waals surface area contributed by atoms with Crippen molar-refractivity contribution in [3.05, 3.63) is 30.5 Å². The number of ether oxygens (including phenoxy) is 1. The molecule has 0 spiro atoms. The molecule has 0 aliphatic heterocycles. The second-order valence-corrected chi connectivity index (χ2v) is 4.85. The van der Waals surface area contributed by atoms with Gasteiger partial charge in [-0.15, -0.1) is 0 Å². The summed E-state index contributed by atoms with van der Waals surface area (Å²) in [6.45, 7) is 1.07. The molecule has 3 rings (SSSR count). The monoisotopic (exact) mass is 243 g/mol. The van der Waals surface area contributed by atoms with Gasteiger partial charge in [-0.05, 0) is 38.4 Å². The van der Waals surface area contributed by atoms with Gasteiger partial charge in [0.05, 0.1) is 5.52 Å². The molecule has 18 heavy (non-hydrogen) atoms. The maximum absolute atomic E-state index is 5.78. The molecule has 1 aliphatic carbocycles. The lowest BCUT2D eigenvalue weighted by molar-refractivity contribution is 0.0576. The van der Waals surface area contributed by atoms with Crippen LogP contribution in [0.1, 0.15) is 12.8 Å². The largest absolute Gasteiger partial charge is 0.460 e. The average Bonchev–Trinajstić information content (AvgIpc) is 2.36. The Morgan fingerprint density at radius 1 is 1.33 bits per heavy atom. The van der Waals surface area contributed by atoms with Crippen molar-refractivity contribution in [1.82, 2.24) is 15.3 Å². The van der Waals surface area contributed by atoms with E-state index >= 15 is 0 Å². The van der Waals surface area contributed by atoms with Crippen molar-refractivity contribution < 1.29 is 4.74 Å². The van der Waals surface area contributed by atoms with Gasteiger partial charge in [0.15, 0.2) is 0 Å². The Hall–Kier alpha value is -1.68. The van der Waals surface area contributed by atoms with E-state index in [0.717, 1.165) is 36.2 Å². The molecular formula is C14H17N3O. The minimum Gasteiger partial charge on any atom is -0.460 e. The van der Waals surface area contributed by atoms with Crippen LogP contribution in [0.5, 0.6) is 6.01 Å². The summed E-state index contributed by atoms with van der Waals surface area (Å²) in [5.74, 6) is 0.737. The first kappa shape index (κ1) is 11.4. The van der Waals surface area contributed by atoms with Gasteiger partial charge in [0.2, 0.25) is 0 Å². The van der Waals surface area contributed by atoms with Crippen LogP contribution < -0.4 is 10.1 Å². The first-order chi connectivity index (χ1) is 8.85. The van der Waals surface area contributed by atoms with Crippen LogP contribution in [0.2, 0.25) is 0 Å². The quantitative estimate of drug-likeness (QED) is 0.892. The molecular weight excluding hydrogens is 226 g/mol. The van der Waals surface area contributed by atoms with Gasteiger partial charge < -0.3 is 10.1 Å². The zero-order valence-corrected chi connectivity index (χ0v) is 10.5. The normalized spacial score (nSPS) is 22.7. The van der Waals surface area contributed by atoms with Crippen LogP contribution >= 0.6 is 0 Å². The molecule has 2 aromatic rings. The molecule has 0 atom stereocenters.